The molecule has 1 unspecified atom stereocenters. The maximum atomic E-state index is 12.4. The van der Waals surface area contributed by atoms with Crippen LogP contribution in [0.25, 0.3) is 0 Å². The molecular formula is C17H32N2O2. The van der Waals surface area contributed by atoms with Gasteiger partial charge in [-0.1, -0.05) is 26.2 Å². The fourth-order valence-corrected chi connectivity index (χ4v) is 3.74. The molecule has 2 fully saturated rings. The van der Waals surface area contributed by atoms with Gasteiger partial charge in [0.15, 0.2) is 0 Å². The highest BCUT2D eigenvalue weighted by Crippen LogP contribution is 2.34. The van der Waals surface area contributed by atoms with Crippen LogP contribution in [0.15, 0.2) is 0 Å². The van der Waals surface area contributed by atoms with Crippen LogP contribution in [-0.4, -0.2) is 47.7 Å². The fraction of sp³-hybridized carbons (Fsp3) is 0.941. The highest BCUT2D eigenvalue weighted by Gasteiger charge is 2.35. The van der Waals surface area contributed by atoms with Gasteiger partial charge in [0.2, 0.25) is 5.91 Å². The van der Waals surface area contributed by atoms with Crippen molar-refractivity contribution >= 4 is 5.91 Å². The second kappa shape index (κ2) is 7.59. The smallest absolute Gasteiger partial charge is 0.237 e. The van der Waals surface area contributed by atoms with E-state index in [1.807, 2.05) is 6.92 Å². The molecule has 21 heavy (non-hydrogen) atoms. The molecule has 4 nitrogen and oxygen atoms in total. The molecule has 1 amide bonds. The Labute approximate surface area is 129 Å². The lowest BCUT2D eigenvalue weighted by atomic mass is 9.76. The van der Waals surface area contributed by atoms with Crippen LogP contribution in [0.4, 0.5) is 0 Å². The standard InChI is InChI=1S/C17H32N2O2/c1-3-17(13-20)9-11-19(12-10-17)14(2)16(21)18-15-7-5-4-6-8-15/h14-15,20H,3-13H2,1-2H3,(H,18,21). The second-order valence-corrected chi connectivity index (χ2v) is 7.07. The molecule has 0 aromatic rings. The summed E-state index contributed by atoms with van der Waals surface area (Å²) in [7, 11) is 0. The van der Waals surface area contributed by atoms with E-state index in [1.165, 1.54) is 19.3 Å². The number of rotatable bonds is 5. The van der Waals surface area contributed by atoms with Gasteiger partial charge in [-0.3, -0.25) is 9.69 Å². The fourth-order valence-electron chi connectivity index (χ4n) is 3.74. The molecule has 1 saturated carbocycles. The van der Waals surface area contributed by atoms with Crippen molar-refractivity contribution in [2.45, 2.75) is 77.3 Å². The van der Waals surface area contributed by atoms with Crippen LogP contribution < -0.4 is 5.32 Å². The normalized spacial score (nSPS) is 25.5. The van der Waals surface area contributed by atoms with Crippen LogP contribution in [0.2, 0.25) is 0 Å². The number of nitrogens with one attached hydrogen (secondary N) is 1. The number of aliphatic hydroxyl groups excluding tert-OH is 1. The van der Waals surface area contributed by atoms with Gasteiger partial charge in [0, 0.05) is 12.6 Å². The molecule has 0 aromatic heterocycles. The van der Waals surface area contributed by atoms with Crippen LogP contribution in [0.5, 0.6) is 0 Å². The van der Waals surface area contributed by atoms with Gasteiger partial charge in [-0.2, -0.15) is 0 Å². The Morgan fingerprint density at radius 1 is 1.29 bits per heavy atom. The number of nitrogens with zero attached hydrogens (tertiary/aromatic N) is 1. The highest BCUT2D eigenvalue weighted by atomic mass is 16.3. The van der Waals surface area contributed by atoms with Gasteiger partial charge in [0.05, 0.1) is 6.04 Å². The zero-order chi connectivity index (χ0) is 15.3. The van der Waals surface area contributed by atoms with E-state index in [0.717, 1.165) is 45.2 Å². The summed E-state index contributed by atoms with van der Waals surface area (Å²) >= 11 is 0. The summed E-state index contributed by atoms with van der Waals surface area (Å²) in [6, 6.07) is 0.353. The molecule has 2 rings (SSSR count). The molecular weight excluding hydrogens is 264 g/mol. The number of piperidine rings is 1. The number of aliphatic hydroxyl groups is 1. The lowest BCUT2D eigenvalue weighted by Gasteiger charge is -2.42. The summed E-state index contributed by atoms with van der Waals surface area (Å²) in [5.74, 6) is 0.190. The number of carbonyl (C=O) groups excluding carboxylic acids is 1. The molecule has 2 aliphatic rings. The summed E-state index contributed by atoms with van der Waals surface area (Å²) in [6.45, 7) is 6.31. The quantitative estimate of drug-likeness (QED) is 0.818. The van der Waals surface area contributed by atoms with Crippen molar-refractivity contribution in [1.82, 2.24) is 10.2 Å². The number of hydrogen-bond acceptors (Lipinski definition) is 3. The average molecular weight is 296 g/mol. The first-order valence-corrected chi connectivity index (χ1v) is 8.75. The van der Waals surface area contributed by atoms with Gasteiger partial charge < -0.3 is 10.4 Å². The monoisotopic (exact) mass is 296 g/mol. The first-order valence-electron chi connectivity index (χ1n) is 8.75. The molecule has 1 saturated heterocycles. The summed E-state index contributed by atoms with van der Waals surface area (Å²) in [5.41, 5.74) is 0.0933. The summed E-state index contributed by atoms with van der Waals surface area (Å²) in [4.78, 5) is 14.7. The van der Waals surface area contributed by atoms with Crippen molar-refractivity contribution < 1.29 is 9.90 Å². The van der Waals surface area contributed by atoms with E-state index in [9.17, 15) is 9.90 Å². The molecule has 2 N–H and O–H groups in total. The number of likely N-dealkylation sites (tertiary alicyclic amines) is 1. The molecule has 122 valence electrons. The molecule has 0 bridgehead atoms. The minimum absolute atomic E-state index is 0.0412. The average Bonchev–Trinajstić information content (AvgIpc) is 2.55. The molecule has 0 aromatic carbocycles. The van der Waals surface area contributed by atoms with Gasteiger partial charge in [-0.25, -0.2) is 0 Å². The molecule has 0 radical (unpaired) electrons. The minimum atomic E-state index is -0.0412. The summed E-state index contributed by atoms with van der Waals surface area (Å²) in [6.07, 6.45) is 9.12. The predicted molar refractivity (Wildman–Crippen MR) is 85.1 cm³/mol. The van der Waals surface area contributed by atoms with E-state index < -0.39 is 0 Å². The van der Waals surface area contributed by atoms with E-state index in [2.05, 4.69) is 17.1 Å². The van der Waals surface area contributed by atoms with Gasteiger partial charge >= 0.3 is 0 Å². The maximum absolute atomic E-state index is 12.4. The summed E-state index contributed by atoms with van der Waals surface area (Å²) in [5, 5.41) is 12.8. The van der Waals surface area contributed by atoms with Crippen LogP contribution in [0.1, 0.15) is 65.2 Å². The van der Waals surface area contributed by atoms with Crippen molar-refractivity contribution in [3.8, 4) is 0 Å². The van der Waals surface area contributed by atoms with Crippen LogP contribution in [-0.2, 0) is 4.79 Å². The van der Waals surface area contributed by atoms with Crippen molar-refractivity contribution in [2.75, 3.05) is 19.7 Å². The van der Waals surface area contributed by atoms with E-state index in [1.54, 1.807) is 0 Å². The van der Waals surface area contributed by atoms with Crippen molar-refractivity contribution in [1.29, 1.82) is 0 Å². The van der Waals surface area contributed by atoms with Gasteiger partial charge in [0.25, 0.3) is 0 Å². The third-order valence-electron chi connectivity index (χ3n) is 5.82. The third-order valence-corrected chi connectivity index (χ3v) is 5.82. The zero-order valence-corrected chi connectivity index (χ0v) is 13.7. The molecule has 4 heteroatoms. The maximum Gasteiger partial charge on any atom is 0.237 e. The first kappa shape index (κ1) is 16.8. The Hall–Kier alpha value is -0.610. The Bertz CT molecular complexity index is 326. The summed E-state index contributed by atoms with van der Waals surface area (Å²) < 4.78 is 0. The first-order chi connectivity index (χ1) is 10.1. The molecule has 1 aliphatic heterocycles. The van der Waals surface area contributed by atoms with Gasteiger partial charge in [0.1, 0.15) is 0 Å². The third kappa shape index (κ3) is 4.19. The minimum Gasteiger partial charge on any atom is -0.396 e. The van der Waals surface area contributed by atoms with Crippen LogP contribution in [0.3, 0.4) is 0 Å². The van der Waals surface area contributed by atoms with Crippen molar-refractivity contribution in [3.63, 3.8) is 0 Å². The van der Waals surface area contributed by atoms with E-state index in [4.69, 9.17) is 0 Å². The second-order valence-electron chi connectivity index (χ2n) is 7.07. The van der Waals surface area contributed by atoms with Gasteiger partial charge in [-0.05, 0) is 57.5 Å². The number of amides is 1. The molecule has 1 aliphatic carbocycles. The largest absolute Gasteiger partial charge is 0.396 e. The Kier molecular flexibility index (Phi) is 6.06. The molecule has 1 heterocycles. The SMILES string of the molecule is CCC1(CO)CCN(C(C)C(=O)NC2CCCCC2)CC1. The Morgan fingerprint density at radius 3 is 2.43 bits per heavy atom. The lowest BCUT2D eigenvalue weighted by molar-refractivity contribution is -0.128. The lowest BCUT2D eigenvalue weighted by Crippen LogP contribution is -2.52. The molecule has 1 atom stereocenters. The van der Waals surface area contributed by atoms with Crippen LogP contribution >= 0.6 is 0 Å². The Balaban J connectivity index is 1.80. The predicted octanol–water partition coefficient (Wildman–Crippen LogP) is 2.31. The highest BCUT2D eigenvalue weighted by molar-refractivity contribution is 5.81. The van der Waals surface area contributed by atoms with Crippen molar-refractivity contribution in [3.05, 3.63) is 0 Å². The zero-order valence-electron chi connectivity index (χ0n) is 13.7. The topological polar surface area (TPSA) is 52.6 Å². The van der Waals surface area contributed by atoms with Gasteiger partial charge in [-0.15, -0.1) is 0 Å². The van der Waals surface area contributed by atoms with E-state index in [0.29, 0.717) is 6.04 Å². The van der Waals surface area contributed by atoms with E-state index >= 15 is 0 Å². The Morgan fingerprint density at radius 2 is 1.90 bits per heavy atom. The number of carbonyl (C=O) groups is 1. The number of hydrogen-bond donors (Lipinski definition) is 2. The van der Waals surface area contributed by atoms with E-state index in [-0.39, 0.29) is 24.0 Å². The molecule has 0 spiro atoms. The van der Waals surface area contributed by atoms with Crippen molar-refractivity contribution in [2.24, 2.45) is 5.41 Å². The van der Waals surface area contributed by atoms with Crippen LogP contribution in [0, 0.1) is 5.41 Å².